The number of aromatic amines is 1. The summed E-state index contributed by atoms with van der Waals surface area (Å²) < 4.78 is 0. The Morgan fingerprint density at radius 2 is 2.00 bits per heavy atom. The summed E-state index contributed by atoms with van der Waals surface area (Å²) in [6.07, 6.45) is 2.25. The number of nitrogens with one attached hydrogen (secondary N) is 1. The largest absolute Gasteiger partial charge is 0.342 e. The van der Waals surface area contributed by atoms with Crippen molar-refractivity contribution < 1.29 is 4.79 Å². The first-order valence-corrected chi connectivity index (χ1v) is 7.33. The lowest BCUT2D eigenvalue weighted by Gasteiger charge is -2.18. The minimum atomic E-state index is -0.112. The quantitative estimate of drug-likeness (QED) is 0.849. The number of aromatic nitrogens is 3. The van der Waals surface area contributed by atoms with Crippen LogP contribution in [-0.2, 0) is 4.79 Å². The maximum Gasteiger partial charge on any atom is 0.235 e. The van der Waals surface area contributed by atoms with E-state index < -0.39 is 0 Å². The minimum Gasteiger partial charge on any atom is -0.342 e. The number of rotatable bonds is 4. The van der Waals surface area contributed by atoms with Gasteiger partial charge in [-0.3, -0.25) is 9.89 Å². The first-order chi connectivity index (χ1) is 8.58. The van der Waals surface area contributed by atoms with Crippen LogP contribution in [0.25, 0.3) is 0 Å². The molecule has 1 amide bonds. The third kappa shape index (κ3) is 3.04. The summed E-state index contributed by atoms with van der Waals surface area (Å²) in [5.41, 5.74) is 0. The highest BCUT2D eigenvalue weighted by molar-refractivity contribution is 8.00. The van der Waals surface area contributed by atoms with Gasteiger partial charge in [-0.1, -0.05) is 25.6 Å². The predicted molar refractivity (Wildman–Crippen MR) is 71.6 cm³/mol. The molecule has 0 bridgehead atoms. The van der Waals surface area contributed by atoms with Crippen molar-refractivity contribution in [2.24, 2.45) is 0 Å². The van der Waals surface area contributed by atoms with Crippen LogP contribution in [0.1, 0.15) is 45.4 Å². The lowest BCUT2D eigenvalue weighted by molar-refractivity contribution is -0.129. The molecule has 0 spiro atoms. The number of hydrogen-bond donors (Lipinski definition) is 1. The van der Waals surface area contributed by atoms with E-state index in [0.717, 1.165) is 31.8 Å². The van der Waals surface area contributed by atoms with Gasteiger partial charge in [-0.15, -0.1) is 5.10 Å². The topological polar surface area (TPSA) is 61.9 Å². The fourth-order valence-electron chi connectivity index (χ4n) is 1.97. The fourth-order valence-corrected chi connectivity index (χ4v) is 2.79. The number of likely N-dealkylation sites (tertiary alicyclic amines) is 1. The van der Waals surface area contributed by atoms with E-state index in [0.29, 0.717) is 11.1 Å². The number of H-pyrrole nitrogens is 1. The van der Waals surface area contributed by atoms with E-state index in [4.69, 9.17) is 0 Å². The lowest BCUT2D eigenvalue weighted by atomic mass is 10.2. The van der Waals surface area contributed by atoms with Gasteiger partial charge in [0.25, 0.3) is 0 Å². The molecule has 1 aliphatic heterocycles. The van der Waals surface area contributed by atoms with E-state index in [9.17, 15) is 4.79 Å². The van der Waals surface area contributed by atoms with Gasteiger partial charge in [0.15, 0.2) is 0 Å². The maximum atomic E-state index is 12.1. The van der Waals surface area contributed by atoms with E-state index >= 15 is 0 Å². The number of carbonyl (C=O) groups excluding carboxylic acids is 1. The molecule has 1 fully saturated rings. The second kappa shape index (κ2) is 5.73. The Bertz CT molecular complexity index is 412. The van der Waals surface area contributed by atoms with Crippen LogP contribution < -0.4 is 0 Å². The summed E-state index contributed by atoms with van der Waals surface area (Å²) in [5, 5.41) is 7.61. The molecule has 0 aromatic carbocycles. The van der Waals surface area contributed by atoms with Gasteiger partial charge < -0.3 is 4.90 Å². The molecule has 1 atom stereocenters. The van der Waals surface area contributed by atoms with E-state index in [1.165, 1.54) is 11.8 Å². The van der Waals surface area contributed by atoms with Crippen LogP contribution in [0.15, 0.2) is 5.16 Å². The van der Waals surface area contributed by atoms with Crippen molar-refractivity contribution in [2.75, 3.05) is 13.1 Å². The second-order valence-corrected chi connectivity index (χ2v) is 6.26. The van der Waals surface area contributed by atoms with Crippen LogP contribution in [0.4, 0.5) is 0 Å². The van der Waals surface area contributed by atoms with Gasteiger partial charge in [0, 0.05) is 19.0 Å². The van der Waals surface area contributed by atoms with Gasteiger partial charge in [-0.2, -0.15) is 0 Å². The van der Waals surface area contributed by atoms with Crippen molar-refractivity contribution in [3.05, 3.63) is 5.82 Å². The van der Waals surface area contributed by atoms with Crippen molar-refractivity contribution in [3.8, 4) is 0 Å². The SMILES string of the molecule is CC(C)c1nc(S[C@@H](C)C(=O)N2CCCC2)n[nH]1. The van der Waals surface area contributed by atoms with Gasteiger partial charge in [0.2, 0.25) is 11.1 Å². The average Bonchev–Trinajstić information content (AvgIpc) is 2.98. The summed E-state index contributed by atoms with van der Waals surface area (Å²) in [4.78, 5) is 18.5. The first-order valence-electron chi connectivity index (χ1n) is 6.45. The number of thioether (sulfide) groups is 1. The minimum absolute atomic E-state index is 0.112. The number of carbonyl (C=O) groups is 1. The molecule has 6 heteroatoms. The van der Waals surface area contributed by atoms with Gasteiger partial charge in [0.05, 0.1) is 5.25 Å². The highest BCUT2D eigenvalue weighted by Crippen LogP contribution is 2.23. The zero-order valence-electron chi connectivity index (χ0n) is 11.1. The molecule has 2 heterocycles. The smallest absolute Gasteiger partial charge is 0.235 e. The Kier molecular flexibility index (Phi) is 4.27. The average molecular weight is 268 g/mol. The van der Waals surface area contributed by atoms with Crippen LogP contribution in [0.3, 0.4) is 0 Å². The molecule has 0 radical (unpaired) electrons. The molecule has 100 valence electrons. The number of nitrogens with zero attached hydrogens (tertiary/aromatic N) is 3. The first kappa shape index (κ1) is 13.4. The Labute approximate surface area is 112 Å². The third-order valence-electron chi connectivity index (χ3n) is 3.08. The van der Waals surface area contributed by atoms with Crippen molar-refractivity contribution in [2.45, 2.75) is 49.9 Å². The molecule has 1 saturated heterocycles. The molecule has 0 saturated carbocycles. The maximum absolute atomic E-state index is 12.1. The molecule has 0 unspecified atom stereocenters. The summed E-state index contributed by atoms with van der Waals surface area (Å²) in [5.74, 6) is 1.41. The van der Waals surface area contributed by atoms with Gasteiger partial charge in [-0.05, 0) is 19.8 Å². The predicted octanol–water partition coefficient (Wildman–Crippen LogP) is 2.03. The Morgan fingerprint density at radius 1 is 1.33 bits per heavy atom. The molecular formula is C12H20N4OS. The summed E-state index contributed by atoms with van der Waals surface area (Å²) in [6, 6.07) is 0. The Morgan fingerprint density at radius 3 is 2.56 bits per heavy atom. The molecule has 1 aromatic rings. The van der Waals surface area contributed by atoms with Crippen LogP contribution in [0.2, 0.25) is 0 Å². The molecule has 18 heavy (non-hydrogen) atoms. The highest BCUT2D eigenvalue weighted by Gasteiger charge is 2.25. The number of hydrogen-bond acceptors (Lipinski definition) is 4. The van der Waals surface area contributed by atoms with Gasteiger partial charge in [0.1, 0.15) is 5.82 Å². The standard InChI is InChI=1S/C12H20N4OS/c1-8(2)10-13-12(15-14-10)18-9(3)11(17)16-6-4-5-7-16/h8-9H,4-7H2,1-3H3,(H,13,14,15)/t9-/m0/s1. The summed E-state index contributed by atoms with van der Waals surface area (Å²) in [7, 11) is 0. The van der Waals surface area contributed by atoms with E-state index in [2.05, 4.69) is 29.0 Å². The summed E-state index contributed by atoms with van der Waals surface area (Å²) in [6.45, 7) is 7.85. The van der Waals surface area contributed by atoms with Crippen LogP contribution in [-0.4, -0.2) is 44.3 Å². The zero-order valence-corrected chi connectivity index (χ0v) is 12.0. The molecule has 1 aliphatic rings. The number of amides is 1. The van der Waals surface area contributed by atoms with E-state index in [1.807, 2.05) is 11.8 Å². The Balaban J connectivity index is 1.93. The molecule has 0 aliphatic carbocycles. The van der Waals surface area contributed by atoms with E-state index in [-0.39, 0.29) is 11.2 Å². The molecule has 2 rings (SSSR count). The second-order valence-electron chi connectivity index (χ2n) is 4.95. The van der Waals surface area contributed by atoms with Crippen LogP contribution in [0, 0.1) is 0 Å². The molecule has 1 N–H and O–H groups in total. The normalized spacial score (nSPS) is 17.4. The van der Waals surface area contributed by atoms with Crippen molar-refractivity contribution in [1.29, 1.82) is 0 Å². The van der Waals surface area contributed by atoms with Crippen LogP contribution in [0.5, 0.6) is 0 Å². The monoisotopic (exact) mass is 268 g/mol. The van der Waals surface area contributed by atoms with Gasteiger partial charge >= 0.3 is 0 Å². The molecule has 1 aromatic heterocycles. The van der Waals surface area contributed by atoms with Crippen LogP contribution >= 0.6 is 11.8 Å². The highest BCUT2D eigenvalue weighted by atomic mass is 32.2. The molecule has 5 nitrogen and oxygen atoms in total. The lowest BCUT2D eigenvalue weighted by Crippen LogP contribution is -2.34. The third-order valence-corrected chi connectivity index (χ3v) is 4.03. The Hall–Kier alpha value is -1.04. The van der Waals surface area contributed by atoms with E-state index in [1.54, 1.807) is 0 Å². The molecular weight excluding hydrogens is 248 g/mol. The van der Waals surface area contributed by atoms with Crippen molar-refractivity contribution in [3.63, 3.8) is 0 Å². The fraction of sp³-hybridized carbons (Fsp3) is 0.750. The van der Waals surface area contributed by atoms with Crippen molar-refractivity contribution in [1.82, 2.24) is 20.1 Å². The van der Waals surface area contributed by atoms with Crippen molar-refractivity contribution >= 4 is 17.7 Å². The van der Waals surface area contributed by atoms with Gasteiger partial charge in [-0.25, -0.2) is 4.98 Å². The summed E-state index contributed by atoms with van der Waals surface area (Å²) >= 11 is 1.43. The zero-order chi connectivity index (χ0) is 13.1.